The third-order valence-corrected chi connectivity index (χ3v) is 3.87. The van der Waals surface area contributed by atoms with Crippen LogP contribution in [0, 0.1) is 5.92 Å². The smallest absolute Gasteiger partial charge is 0.268 e. The molecular weight excluding hydrogens is 258 g/mol. The maximum atomic E-state index is 11.4. The topological polar surface area (TPSA) is 80.7 Å². The number of amides is 1. The lowest BCUT2D eigenvalue weighted by Gasteiger charge is -2.28. The molecular formula is C14H23N3O3. The Morgan fingerprint density at radius 3 is 3.00 bits per heavy atom. The van der Waals surface area contributed by atoms with Gasteiger partial charge in [-0.3, -0.25) is 15.1 Å². The van der Waals surface area contributed by atoms with Crippen LogP contribution in [-0.4, -0.2) is 37.1 Å². The zero-order valence-corrected chi connectivity index (χ0v) is 12.1. The van der Waals surface area contributed by atoms with Crippen molar-refractivity contribution in [3.05, 3.63) is 23.7 Å². The number of ether oxygens (including phenoxy) is 1. The first-order valence-corrected chi connectivity index (χ1v) is 6.97. The fourth-order valence-corrected chi connectivity index (χ4v) is 2.38. The second kappa shape index (κ2) is 6.88. The SMILES string of the molecule is COCCN(Cc1cc(C(=O)NN)co1)C(C)C1CC1. The van der Waals surface area contributed by atoms with Gasteiger partial charge in [0.2, 0.25) is 0 Å². The first-order chi connectivity index (χ1) is 9.65. The zero-order valence-electron chi connectivity index (χ0n) is 12.1. The van der Waals surface area contributed by atoms with E-state index < -0.39 is 0 Å². The molecule has 0 spiro atoms. The van der Waals surface area contributed by atoms with Crippen molar-refractivity contribution in [3.63, 3.8) is 0 Å². The van der Waals surface area contributed by atoms with Crippen LogP contribution in [0.4, 0.5) is 0 Å². The van der Waals surface area contributed by atoms with E-state index >= 15 is 0 Å². The highest BCUT2D eigenvalue weighted by molar-refractivity contribution is 5.93. The summed E-state index contributed by atoms with van der Waals surface area (Å²) in [6.07, 6.45) is 4.03. The van der Waals surface area contributed by atoms with Crippen molar-refractivity contribution in [2.24, 2.45) is 11.8 Å². The van der Waals surface area contributed by atoms with Crippen LogP contribution in [0.2, 0.25) is 0 Å². The van der Waals surface area contributed by atoms with Crippen LogP contribution in [0.15, 0.2) is 16.7 Å². The second-order valence-electron chi connectivity index (χ2n) is 5.32. The van der Waals surface area contributed by atoms with Gasteiger partial charge >= 0.3 is 0 Å². The van der Waals surface area contributed by atoms with Crippen molar-refractivity contribution in [1.82, 2.24) is 10.3 Å². The number of nitrogens with one attached hydrogen (secondary N) is 1. The van der Waals surface area contributed by atoms with Gasteiger partial charge in [0.1, 0.15) is 12.0 Å². The summed E-state index contributed by atoms with van der Waals surface area (Å²) in [5.41, 5.74) is 2.55. The normalized spacial score (nSPS) is 16.4. The van der Waals surface area contributed by atoms with Crippen molar-refractivity contribution in [2.45, 2.75) is 32.4 Å². The summed E-state index contributed by atoms with van der Waals surface area (Å²) in [4.78, 5) is 13.7. The zero-order chi connectivity index (χ0) is 14.5. The molecule has 1 unspecified atom stereocenters. The van der Waals surface area contributed by atoms with Gasteiger partial charge in [0.15, 0.2) is 0 Å². The summed E-state index contributed by atoms with van der Waals surface area (Å²) in [6.45, 7) is 4.46. The highest BCUT2D eigenvalue weighted by atomic mass is 16.5. The Morgan fingerprint density at radius 2 is 2.40 bits per heavy atom. The van der Waals surface area contributed by atoms with Crippen molar-refractivity contribution in [2.75, 3.05) is 20.3 Å². The number of nitrogen functional groups attached to an aromatic ring is 1. The number of hydrazine groups is 1. The molecule has 1 heterocycles. The van der Waals surface area contributed by atoms with Gasteiger partial charge in [-0.25, -0.2) is 5.84 Å². The molecule has 1 atom stereocenters. The Kier molecular flexibility index (Phi) is 5.17. The van der Waals surface area contributed by atoms with Crippen LogP contribution in [0.25, 0.3) is 0 Å². The Balaban J connectivity index is 1.98. The first-order valence-electron chi connectivity index (χ1n) is 6.97. The number of rotatable bonds is 8. The van der Waals surface area contributed by atoms with Gasteiger partial charge in [-0.15, -0.1) is 0 Å². The minimum atomic E-state index is -0.335. The fraction of sp³-hybridized carbons (Fsp3) is 0.643. The van der Waals surface area contributed by atoms with E-state index in [0.717, 1.165) is 18.2 Å². The van der Waals surface area contributed by atoms with E-state index in [1.54, 1.807) is 13.2 Å². The molecule has 0 aromatic carbocycles. The molecule has 1 aliphatic rings. The molecule has 3 N–H and O–H groups in total. The summed E-state index contributed by atoms with van der Waals surface area (Å²) >= 11 is 0. The largest absolute Gasteiger partial charge is 0.467 e. The van der Waals surface area contributed by atoms with E-state index in [1.807, 2.05) is 0 Å². The Morgan fingerprint density at radius 1 is 1.65 bits per heavy atom. The summed E-state index contributed by atoms with van der Waals surface area (Å²) in [5.74, 6) is 6.32. The number of carbonyl (C=O) groups is 1. The third kappa shape index (κ3) is 3.82. The quantitative estimate of drug-likeness (QED) is 0.424. The van der Waals surface area contributed by atoms with Crippen LogP contribution < -0.4 is 11.3 Å². The van der Waals surface area contributed by atoms with E-state index in [2.05, 4.69) is 17.2 Å². The fourth-order valence-electron chi connectivity index (χ4n) is 2.38. The average Bonchev–Trinajstić information content (AvgIpc) is 3.21. The van der Waals surface area contributed by atoms with Crippen LogP contribution in [0.1, 0.15) is 35.9 Å². The van der Waals surface area contributed by atoms with Crippen LogP contribution in [-0.2, 0) is 11.3 Å². The van der Waals surface area contributed by atoms with Gasteiger partial charge in [-0.1, -0.05) is 0 Å². The van der Waals surface area contributed by atoms with E-state index in [1.165, 1.54) is 19.1 Å². The van der Waals surface area contributed by atoms with Crippen molar-refractivity contribution >= 4 is 5.91 Å². The van der Waals surface area contributed by atoms with Gasteiger partial charge in [0.05, 0.1) is 18.7 Å². The van der Waals surface area contributed by atoms with Gasteiger partial charge in [-0.05, 0) is 31.7 Å². The molecule has 1 saturated carbocycles. The molecule has 0 bridgehead atoms. The minimum Gasteiger partial charge on any atom is -0.467 e. The second-order valence-corrected chi connectivity index (χ2v) is 5.32. The molecule has 1 fully saturated rings. The summed E-state index contributed by atoms with van der Waals surface area (Å²) in [5, 5.41) is 0. The van der Waals surface area contributed by atoms with E-state index in [0.29, 0.717) is 24.8 Å². The number of methoxy groups -OCH3 is 1. The standard InChI is InChI=1S/C14H23N3O3/c1-10(11-3-4-11)17(5-6-19-2)8-13-7-12(9-20-13)14(18)16-15/h7,9-11H,3-6,8,15H2,1-2H3,(H,16,18). The number of hydrogen-bond donors (Lipinski definition) is 2. The Labute approximate surface area is 119 Å². The molecule has 2 rings (SSSR count). The molecule has 6 nitrogen and oxygen atoms in total. The molecule has 1 aromatic rings. The number of carbonyl (C=O) groups excluding carboxylic acids is 1. The molecule has 1 aliphatic carbocycles. The van der Waals surface area contributed by atoms with Crippen molar-refractivity contribution < 1.29 is 13.9 Å². The molecule has 0 saturated heterocycles. The van der Waals surface area contributed by atoms with Gasteiger partial charge in [0, 0.05) is 19.7 Å². The maximum Gasteiger partial charge on any atom is 0.268 e. The number of hydrogen-bond acceptors (Lipinski definition) is 5. The van der Waals surface area contributed by atoms with Gasteiger partial charge < -0.3 is 9.15 Å². The number of nitrogens with zero attached hydrogens (tertiary/aromatic N) is 1. The Bertz CT molecular complexity index is 443. The van der Waals surface area contributed by atoms with Crippen molar-refractivity contribution in [1.29, 1.82) is 0 Å². The lowest BCUT2D eigenvalue weighted by atomic mass is 10.1. The summed E-state index contributed by atoms with van der Waals surface area (Å²) in [6, 6.07) is 2.24. The molecule has 0 aliphatic heterocycles. The highest BCUT2D eigenvalue weighted by Crippen LogP contribution is 2.35. The maximum absolute atomic E-state index is 11.4. The minimum absolute atomic E-state index is 0.335. The van der Waals surface area contributed by atoms with E-state index in [9.17, 15) is 4.79 Å². The van der Waals surface area contributed by atoms with Crippen LogP contribution in [0.5, 0.6) is 0 Å². The molecule has 1 aromatic heterocycles. The monoisotopic (exact) mass is 281 g/mol. The predicted molar refractivity (Wildman–Crippen MR) is 74.8 cm³/mol. The molecule has 1 amide bonds. The molecule has 6 heteroatoms. The van der Waals surface area contributed by atoms with Gasteiger partial charge in [0.25, 0.3) is 5.91 Å². The number of furan rings is 1. The summed E-state index contributed by atoms with van der Waals surface area (Å²) in [7, 11) is 1.70. The lowest BCUT2D eigenvalue weighted by Crippen LogP contribution is -2.36. The van der Waals surface area contributed by atoms with Gasteiger partial charge in [-0.2, -0.15) is 0 Å². The molecule has 0 radical (unpaired) electrons. The Hall–Kier alpha value is -1.37. The molecule has 20 heavy (non-hydrogen) atoms. The lowest BCUT2D eigenvalue weighted by molar-refractivity contribution is 0.0953. The average molecular weight is 281 g/mol. The summed E-state index contributed by atoms with van der Waals surface area (Å²) < 4.78 is 10.6. The van der Waals surface area contributed by atoms with Crippen LogP contribution in [0.3, 0.4) is 0 Å². The van der Waals surface area contributed by atoms with E-state index in [4.69, 9.17) is 15.0 Å². The predicted octanol–water partition coefficient (Wildman–Crippen LogP) is 1.13. The first kappa shape index (κ1) is 15.0. The van der Waals surface area contributed by atoms with Crippen molar-refractivity contribution in [3.8, 4) is 0 Å². The highest BCUT2D eigenvalue weighted by Gasteiger charge is 2.32. The van der Waals surface area contributed by atoms with Crippen LogP contribution >= 0.6 is 0 Å². The molecule has 112 valence electrons. The van der Waals surface area contributed by atoms with E-state index in [-0.39, 0.29) is 5.91 Å². The third-order valence-electron chi connectivity index (χ3n) is 3.87. The number of nitrogens with two attached hydrogens (primary N) is 1.